The number of furan rings is 1. The maximum atomic E-state index is 12.4. The molecule has 0 radical (unpaired) electrons. The Morgan fingerprint density at radius 2 is 1.96 bits per heavy atom. The highest BCUT2D eigenvalue weighted by molar-refractivity contribution is 8.00. The van der Waals surface area contributed by atoms with Crippen LogP contribution in [0.5, 0.6) is 0 Å². The first-order valence-electron chi connectivity index (χ1n) is 8.91. The van der Waals surface area contributed by atoms with E-state index in [1.807, 2.05) is 41.3 Å². The van der Waals surface area contributed by atoms with Gasteiger partial charge in [-0.2, -0.15) is 0 Å². The molecule has 0 saturated carbocycles. The van der Waals surface area contributed by atoms with Crippen LogP contribution in [0, 0.1) is 0 Å². The number of carbonyl (C=O) groups is 2. The molecule has 3 heterocycles. The molecule has 1 aliphatic heterocycles. The van der Waals surface area contributed by atoms with Crippen LogP contribution in [0.2, 0.25) is 0 Å². The third-order valence-corrected chi connectivity index (χ3v) is 5.79. The Morgan fingerprint density at radius 3 is 2.68 bits per heavy atom. The van der Waals surface area contributed by atoms with Crippen molar-refractivity contribution in [3.63, 3.8) is 0 Å². The van der Waals surface area contributed by atoms with Gasteiger partial charge in [0.25, 0.3) is 5.91 Å². The molecule has 0 unspecified atom stereocenters. The zero-order valence-corrected chi connectivity index (χ0v) is 15.9. The zero-order valence-electron chi connectivity index (χ0n) is 15.1. The van der Waals surface area contributed by atoms with Gasteiger partial charge in [-0.15, -0.1) is 11.8 Å². The minimum Gasteiger partial charge on any atom is -0.467 e. The average Bonchev–Trinajstić information content (AvgIpc) is 3.38. The molecule has 1 aromatic carbocycles. The minimum absolute atomic E-state index is 0.0773. The summed E-state index contributed by atoms with van der Waals surface area (Å²) < 4.78 is 5.38. The predicted molar refractivity (Wildman–Crippen MR) is 106 cm³/mol. The number of amides is 2. The van der Waals surface area contributed by atoms with Crippen molar-refractivity contribution in [2.24, 2.45) is 0 Å². The first-order valence-corrected chi connectivity index (χ1v) is 9.96. The Balaban J connectivity index is 1.42. The van der Waals surface area contributed by atoms with Gasteiger partial charge in [0.15, 0.2) is 0 Å². The number of aromatic nitrogens is 1. The highest BCUT2D eigenvalue weighted by Crippen LogP contribution is 2.39. The number of nitrogens with zero attached hydrogens (tertiary/aromatic N) is 2. The maximum Gasteiger partial charge on any atom is 0.251 e. The van der Waals surface area contributed by atoms with Gasteiger partial charge in [0, 0.05) is 24.5 Å². The number of nitrogens with one attached hydrogen (secondary N) is 1. The van der Waals surface area contributed by atoms with Crippen molar-refractivity contribution in [3.8, 4) is 0 Å². The SMILES string of the molecule is O=C(NCc1ccncc1)c1ccc([C@@H]2SCC(=O)N2Cc2ccco2)cc1. The summed E-state index contributed by atoms with van der Waals surface area (Å²) in [6, 6.07) is 14.8. The van der Waals surface area contributed by atoms with Gasteiger partial charge in [0.2, 0.25) is 5.91 Å². The van der Waals surface area contributed by atoms with Crippen molar-refractivity contribution in [2.45, 2.75) is 18.5 Å². The number of pyridine rings is 1. The predicted octanol–water partition coefficient (Wildman–Crippen LogP) is 3.38. The fraction of sp³-hybridized carbons (Fsp3) is 0.190. The van der Waals surface area contributed by atoms with Crippen molar-refractivity contribution in [3.05, 3.63) is 89.6 Å². The van der Waals surface area contributed by atoms with Crippen LogP contribution in [0.1, 0.15) is 32.6 Å². The third-order valence-electron chi connectivity index (χ3n) is 4.53. The molecule has 1 saturated heterocycles. The van der Waals surface area contributed by atoms with E-state index in [1.54, 1.807) is 42.6 Å². The molecule has 4 rings (SSSR count). The molecule has 0 spiro atoms. The second-order valence-corrected chi connectivity index (χ2v) is 7.49. The lowest BCUT2D eigenvalue weighted by atomic mass is 10.1. The molecule has 28 heavy (non-hydrogen) atoms. The van der Waals surface area contributed by atoms with E-state index in [2.05, 4.69) is 10.3 Å². The largest absolute Gasteiger partial charge is 0.467 e. The van der Waals surface area contributed by atoms with E-state index in [0.717, 1.165) is 16.9 Å². The minimum atomic E-state index is -0.133. The van der Waals surface area contributed by atoms with E-state index < -0.39 is 0 Å². The molecular formula is C21H19N3O3S. The van der Waals surface area contributed by atoms with Crippen LogP contribution in [0.3, 0.4) is 0 Å². The van der Waals surface area contributed by atoms with Crippen molar-refractivity contribution in [2.75, 3.05) is 5.75 Å². The molecule has 1 fully saturated rings. The van der Waals surface area contributed by atoms with Gasteiger partial charge in [-0.3, -0.25) is 14.6 Å². The molecule has 0 aliphatic carbocycles. The summed E-state index contributed by atoms with van der Waals surface area (Å²) in [6.07, 6.45) is 5.01. The smallest absolute Gasteiger partial charge is 0.251 e. The Labute approximate surface area is 166 Å². The van der Waals surface area contributed by atoms with E-state index in [9.17, 15) is 9.59 Å². The van der Waals surface area contributed by atoms with Crippen molar-refractivity contribution < 1.29 is 14.0 Å². The van der Waals surface area contributed by atoms with E-state index in [4.69, 9.17) is 4.42 Å². The summed E-state index contributed by atoms with van der Waals surface area (Å²) in [5, 5.41) is 2.82. The first-order chi connectivity index (χ1) is 13.7. The molecular weight excluding hydrogens is 374 g/mol. The van der Waals surface area contributed by atoms with Gasteiger partial charge in [0.1, 0.15) is 11.1 Å². The monoisotopic (exact) mass is 393 g/mol. The van der Waals surface area contributed by atoms with Crippen LogP contribution in [-0.4, -0.2) is 27.5 Å². The number of carbonyl (C=O) groups excluding carboxylic acids is 2. The summed E-state index contributed by atoms with van der Waals surface area (Å²) in [4.78, 5) is 30.4. The molecule has 2 aromatic heterocycles. The lowest BCUT2D eigenvalue weighted by Crippen LogP contribution is -2.27. The molecule has 1 aliphatic rings. The van der Waals surface area contributed by atoms with E-state index >= 15 is 0 Å². The Bertz CT molecular complexity index is 943. The number of hydrogen-bond donors (Lipinski definition) is 1. The Kier molecular flexibility index (Phi) is 5.43. The molecule has 1 atom stereocenters. The lowest BCUT2D eigenvalue weighted by Gasteiger charge is -2.23. The van der Waals surface area contributed by atoms with Crippen LogP contribution < -0.4 is 5.32 Å². The fourth-order valence-corrected chi connectivity index (χ4v) is 4.24. The summed E-state index contributed by atoms with van der Waals surface area (Å²) in [6.45, 7) is 0.894. The first kappa shape index (κ1) is 18.3. The average molecular weight is 393 g/mol. The quantitative estimate of drug-likeness (QED) is 0.695. The lowest BCUT2D eigenvalue weighted by molar-refractivity contribution is -0.128. The van der Waals surface area contributed by atoms with E-state index in [1.165, 1.54) is 0 Å². The van der Waals surface area contributed by atoms with Crippen LogP contribution in [0.25, 0.3) is 0 Å². The Morgan fingerprint density at radius 1 is 1.18 bits per heavy atom. The molecule has 3 aromatic rings. The zero-order chi connectivity index (χ0) is 19.3. The van der Waals surface area contributed by atoms with Crippen LogP contribution in [-0.2, 0) is 17.9 Å². The number of benzene rings is 1. The number of hydrogen-bond acceptors (Lipinski definition) is 5. The summed E-state index contributed by atoms with van der Waals surface area (Å²) >= 11 is 1.58. The van der Waals surface area contributed by atoms with Crippen molar-refractivity contribution in [1.29, 1.82) is 0 Å². The maximum absolute atomic E-state index is 12.4. The van der Waals surface area contributed by atoms with Gasteiger partial charge >= 0.3 is 0 Å². The third kappa shape index (κ3) is 4.09. The summed E-state index contributed by atoms with van der Waals surface area (Å²) in [7, 11) is 0. The van der Waals surface area contributed by atoms with Gasteiger partial charge in [-0.05, 0) is 47.5 Å². The Hall–Kier alpha value is -3.06. The number of thioether (sulfide) groups is 1. The van der Waals surface area contributed by atoms with E-state index in [0.29, 0.717) is 24.4 Å². The van der Waals surface area contributed by atoms with Gasteiger partial charge in [0.05, 0.1) is 18.6 Å². The van der Waals surface area contributed by atoms with Crippen molar-refractivity contribution in [1.82, 2.24) is 15.2 Å². The highest BCUT2D eigenvalue weighted by atomic mass is 32.2. The van der Waals surface area contributed by atoms with Gasteiger partial charge < -0.3 is 14.6 Å². The highest BCUT2D eigenvalue weighted by Gasteiger charge is 2.33. The number of rotatable bonds is 6. The summed E-state index contributed by atoms with van der Waals surface area (Å²) in [5.74, 6) is 1.16. The second kappa shape index (κ2) is 8.31. The second-order valence-electron chi connectivity index (χ2n) is 6.42. The van der Waals surface area contributed by atoms with Crippen LogP contribution >= 0.6 is 11.8 Å². The molecule has 0 bridgehead atoms. The van der Waals surface area contributed by atoms with Crippen LogP contribution in [0.4, 0.5) is 0 Å². The van der Waals surface area contributed by atoms with Gasteiger partial charge in [-0.1, -0.05) is 12.1 Å². The van der Waals surface area contributed by atoms with E-state index in [-0.39, 0.29) is 17.2 Å². The molecule has 7 heteroatoms. The molecule has 6 nitrogen and oxygen atoms in total. The standard InChI is InChI=1S/C21H19N3O3S/c25-19-14-28-21(24(19)13-18-2-1-11-27-18)17-5-3-16(4-6-17)20(26)23-12-15-7-9-22-10-8-15/h1-11,21H,12-14H2,(H,23,26)/t21-/m0/s1. The topological polar surface area (TPSA) is 75.4 Å². The summed E-state index contributed by atoms with van der Waals surface area (Å²) in [5.41, 5.74) is 2.58. The molecule has 142 valence electrons. The fourth-order valence-electron chi connectivity index (χ4n) is 3.06. The van der Waals surface area contributed by atoms with Crippen LogP contribution in [0.15, 0.2) is 71.6 Å². The normalized spacial score (nSPS) is 16.4. The van der Waals surface area contributed by atoms with Gasteiger partial charge in [-0.25, -0.2) is 0 Å². The molecule has 2 amide bonds. The van der Waals surface area contributed by atoms with Crippen molar-refractivity contribution >= 4 is 23.6 Å². The molecule has 1 N–H and O–H groups in total.